The van der Waals surface area contributed by atoms with Gasteiger partial charge in [0.1, 0.15) is 17.4 Å². The molecule has 1 atom stereocenters. The maximum Gasteiger partial charge on any atom is 0.162 e. The second-order valence-corrected chi connectivity index (χ2v) is 11.1. The first kappa shape index (κ1) is 26.8. The van der Waals surface area contributed by atoms with Crippen molar-refractivity contribution in [2.75, 3.05) is 24.5 Å². The van der Waals surface area contributed by atoms with Crippen molar-refractivity contribution in [3.8, 4) is 16.9 Å². The Balaban J connectivity index is 1.48. The first-order valence-corrected chi connectivity index (χ1v) is 13.1. The van der Waals surface area contributed by atoms with E-state index in [0.29, 0.717) is 12.0 Å². The van der Waals surface area contributed by atoms with E-state index < -0.39 is 5.60 Å². The third-order valence-electron chi connectivity index (χ3n) is 6.69. The fraction of sp³-hybridized carbons (Fsp3) is 0.419. The second kappa shape index (κ2) is 11.4. The highest BCUT2D eigenvalue weighted by atomic mass is 19.1. The van der Waals surface area contributed by atoms with Crippen LogP contribution in [-0.4, -0.2) is 47.4 Å². The molecule has 0 N–H and O–H groups in total. The normalized spacial score (nSPS) is 16.7. The first-order valence-electron chi connectivity index (χ1n) is 13.1. The quantitative estimate of drug-likeness (QED) is 0.321. The molecular formula is C31H38FN3O2. The van der Waals surface area contributed by atoms with E-state index >= 15 is 0 Å². The minimum atomic E-state index is -0.851. The summed E-state index contributed by atoms with van der Waals surface area (Å²) in [4.78, 5) is 21.0. The Hall–Kier alpha value is -3.25. The highest BCUT2D eigenvalue weighted by Gasteiger charge is 2.29. The predicted octanol–water partition coefficient (Wildman–Crippen LogP) is 6.29. The van der Waals surface area contributed by atoms with Gasteiger partial charge < -0.3 is 9.64 Å². The van der Waals surface area contributed by atoms with Crippen LogP contribution in [0.2, 0.25) is 0 Å². The summed E-state index contributed by atoms with van der Waals surface area (Å²) >= 11 is 0. The standard InChI is InChI=1S/C31H38FN3O2/c1-22(2)13-28-20-34(19-24-14-23(3)15-29(16-24)37-31(4,5)21-36)11-12-35(28)30-10-9-26(18-33-30)25-7-6-8-27(32)17-25/h6-10,14-18,21-22,28H,11-13,19-20H2,1-5H3/t28-/m1/s1. The molecule has 0 unspecified atom stereocenters. The summed E-state index contributed by atoms with van der Waals surface area (Å²) in [5.41, 5.74) is 3.20. The van der Waals surface area contributed by atoms with Gasteiger partial charge >= 0.3 is 0 Å². The molecular weight excluding hydrogens is 465 g/mol. The van der Waals surface area contributed by atoms with Crippen LogP contribution in [0.4, 0.5) is 10.2 Å². The average molecular weight is 504 g/mol. The van der Waals surface area contributed by atoms with E-state index in [0.717, 1.165) is 67.1 Å². The van der Waals surface area contributed by atoms with E-state index in [4.69, 9.17) is 9.72 Å². The largest absolute Gasteiger partial charge is 0.480 e. The maximum absolute atomic E-state index is 13.7. The number of pyridine rings is 1. The number of nitrogens with zero attached hydrogens (tertiary/aromatic N) is 3. The summed E-state index contributed by atoms with van der Waals surface area (Å²) in [7, 11) is 0. The Morgan fingerprint density at radius 1 is 1.11 bits per heavy atom. The summed E-state index contributed by atoms with van der Waals surface area (Å²) in [6.45, 7) is 13.7. The minimum Gasteiger partial charge on any atom is -0.480 e. The number of aldehydes is 1. The molecule has 1 aliphatic rings. The van der Waals surface area contributed by atoms with Crippen LogP contribution in [0.5, 0.6) is 5.75 Å². The van der Waals surface area contributed by atoms with Crippen molar-refractivity contribution >= 4 is 12.1 Å². The van der Waals surface area contributed by atoms with Crippen molar-refractivity contribution in [3.63, 3.8) is 0 Å². The topological polar surface area (TPSA) is 45.7 Å². The summed E-state index contributed by atoms with van der Waals surface area (Å²) in [5.74, 6) is 2.01. The van der Waals surface area contributed by atoms with Crippen molar-refractivity contribution in [2.45, 2.75) is 59.2 Å². The molecule has 0 aliphatic carbocycles. The molecule has 0 radical (unpaired) electrons. The van der Waals surface area contributed by atoms with Crippen LogP contribution in [0.15, 0.2) is 60.8 Å². The molecule has 37 heavy (non-hydrogen) atoms. The minimum absolute atomic E-state index is 0.241. The lowest BCUT2D eigenvalue weighted by atomic mass is 9.99. The summed E-state index contributed by atoms with van der Waals surface area (Å²) < 4.78 is 19.6. The van der Waals surface area contributed by atoms with Gasteiger partial charge in [0.15, 0.2) is 11.9 Å². The van der Waals surface area contributed by atoms with Gasteiger partial charge in [0.25, 0.3) is 0 Å². The van der Waals surface area contributed by atoms with E-state index in [1.165, 1.54) is 11.6 Å². The number of aryl methyl sites for hydroxylation is 1. The van der Waals surface area contributed by atoms with Crippen molar-refractivity contribution in [1.29, 1.82) is 0 Å². The third kappa shape index (κ3) is 7.16. The molecule has 2 heterocycles. The Morgan fingerprint density at radius 3 is 2.59 bits per heavy atom. The van der Waals surface area contributed by atoms with Crippen LogP contribution in [0.25, 0.3) is 11.1 Å². The van der Waals surface area contributed by atoms with Crippen LogP contribution in [0.1, 0.15) is 45.2 Å². The Bertz CT molecular complexity index is 1210. The van der Waals surface area contributed by atoms with Gasteiger partial charge in [0, 0.05) is 44.0 Å². The zero-order valence-electron chi connectivity index (χ0n) is 22.6. The molecule has 1 aromatic heterocycles. The number of hydrogen-bond acceptors (Lipinski definition) is 5. The molecule has 0 bridgehead atoms. The van der Waals surface area contributed by atoms with Gasteiger partial charge in [-0.25, -0.2) is 9.37 Å². The maximum atomic E-state index is 13.7. The number of carbonyl (C=O) groups excluding carboxylic acids is 1. The van der Waals surface area contributed by atoms with E-state index in [-0.39, 0.29) is 5.82 Å². The summed E-state index contributed by atoms with van der Waals surface area (Å²) in [6.07, 6.45) is 3.75. The van der Waals surface area contributed by atoms with Crippen LogP contribution < -0.4 is 9.64 Å². The molecule has 0 spiro atoms. The molecule has 5 nitrogen and oxygen atoms in total. The van der Waals surface area contributed by atoms with E-state index in [9.17, 15) is 9.18 Å². The Kier molecular flexibility index (Phi) is 8.28. The smallest absolute Gasteiger partial charge is 0.162 e. The lowest BCUT2D eigenvalue weighted by Crippen LogP contribution is -2.53. The van der Waals surface area contributed by atoms with Crippen molar-refractivity contribution in [2.24, 2.45) is 5.92 Å². The lowest BCUT2D eigenvalue weighted by Gasteiger charge is -2.43. The fourth-order valence-corrected chi connectivity index (χ4v) is 5.07. The zero-order valence-corrected chi connectivity index (χ0v) is 22.6. The van der Waals surface area contributed by atoms with Crippen LogP contribution in [-0.2, 0) is 11.3 Å². The molecule has 2 aromatic carbocycles. The number of ether oxygens (including phenoxy) is 1. The predicted molar refractivity (Wildman–Crippen MR) is 147 cm³/mol. The Morgan fingerprint density at radius 2 is 1.92 bits per heavy atom. The molecule has 0 saturated carbocycles. The van der Waals surface area contributed by atoms with Gasteiger partial charge in [-0.15, -0.1) is 0 Å². The number of hydrogen-bond donors (Lipinski definition) is 0. The van der Waals surface area contributed by atoms with E-state index in [1.807, 2.05) is 24.4 Å². The highest BCUT2D eigenvalue weighted by Crippen LogP contribution is 2.28. The van der Waals surface area contributed by atoms with Crippen LogP contribution in [0, 0.1) is 18.7 Å². The van der Waals surface area contributed by atoms with Gasteiger partial charge in [-0.1, -0.05) is 32.0 Å². The third-order valence-corrected chi connectivity index (χ3v) is 6.69. The van der Waals surface area contributed by atoms with Crippen LogP contribution in [0.3, 0.4) is 0 Å². The van der Waals surface area contributed by atoms with Crippen molar-refractivity contribution in [3.05, 3.63) is 77.7 Å². The van der Waals surface area contributed by atoms with Gasteiger partial charge in [0.05, 0.1) is 0 Å². The molecule has 1 aliphatic heterocycles. The number of benzene rings is 2. The van der Waals surface area contributed by atoms with Gasteiger partial charge in [0.2, 0.25) is 0 Å². The van der Waals surface area contributed by atoms with Gasteiger partial charge in [-0.3, -0.25) is 9.69 Å². The number of halogens is 1. The number of anilines is 1. The molecule has 6 heteroatoms. The summed E-state index contributed by atoms with van der Waals surface area (Å²) in [6, 6.07) is 17.3. The molecule has 196 valence electrons. The van der Waals surface area contributed by atoms with Crippen molar-refractivity contribution in [1.82, 2.24) is 9.88 Å². The summed E-state index contributed by atoms with van der Waals surface area (Å²) in [5, 5.41) is 0. The van der Waals surface area contributed by atoms with Crippen LogP contribution >= 0.6 is 0 Å². The van der Waals surface area contributed by atoms with Gasteiger partial charge in [-0.2, -0.15) is 0 Å². The van der Waals surface area contributed by atoms with Gasteiger partial charge in [-0.05, 0) is 86.2 Å². The first-order chi connectivity index (χ1) is 17.6. The molecule has 4 rings (SSSR count). The zero-order chi connectivity index (χ0) is 26.6. The lowest BCUT2D eigenvalue weighted by molar-refractivity contribution is -0.119. The Labute approximate surface area is 220 Å². The molecule has 1 saturated heterocycles. The highest BCUT2D eigenvalue weighted by molar-refractivity contribution is 5.64. The number of aromatic nitrogens is 1. The average Bonchev–Trinajstić information content (AvgIpc) is 2.83. The fourth-order valence-electron chi connectivity index (χ4n) is 5.07. The number of carbonyl (C=O) groups is 1. The number of rotatable bonds is 9. The molecule has 1 fully saturated rings. The molecule has 3 aromatic rings. The molecule has 0 amide bonds. The monoisotopic (exact) mass is 503 g/mol. The SMILES string of the molecule is Cc1cc(CN2CCN(c3ccc(-c4cccc(F)c4)cn3)[C@H](CC(C)C)C2)cc(OC(C)(C)C=O)c1. The van der Waals surface area contributed by atoms with Crippen molar-refractivity contribution < 1.29 is 13.9 Å². The van der Waals surface area contributed by atoms with E-state index in [2.05, 4.69) is 48.8 Å². The number of piperazine rings is 1. The second-order valence-electron chi connectivity index (χ2n) is 11.1. The van der Waals surface area contributed by atoms with E-state index in [1.54, 1.807) is 26.0 Å².